The lowest BCUT2D eigenvalue weighted by atomic mass is 9.95. The minimum absolute atomic E-state index is 0.197. The van der Waals surface area contributed by atoms with E-state index in [4.69, 9.17) is 2.74 Å². The SMILES string of the molecule is [2H][C@@H]1CN2C[C@H](F)C[C@]2(CO)[C@H]1[2H]. The third-order valence-electron chi connectivity index (χ3n) is 2.65. The molecule has 2 saturated heterocycles. The van der Waals surface area contributed by atoms with E-state index in [2.05, 4.69) is 0 Å². The van der Waals surface area contributed by atoms with Crippen molar-refractivity contribution in [2.24, 2.45) is 0 Å². The van der Waals surface area contributed by atoms with E-state index in [1.807, 2.05) is 0 Å². The van der Waals surface area contributed by atoms with Gasteiger partial charge in [-0.2, -0.15) is 0 Å². The molecule has 0 aromatic rings. The van der Waals surface area contributed by atoms with Gasteiger partial charge >= 0.3 is 0 Å². The molecule has 0 unspecified atom stereocenters. The van der Waals surface area contributed by atoms with Crippen molar-refractivity contribution in [3.63, 3.8) is 0 Å². The maximum Gasteiger partial charge on any atom is 0.115 e. The Balaban J connectivity index is 2.25. The Kier molecular flexibility index (Phi) is 1.21. The van der Waals surface area contributed by atoms with Gasteiger partial charge in [-0.15, -0.1) is 0 Å². The smallest absolute Gasteiger partial charge is 0.115 e. The Morgan fingerprint density at radius 1 is 1.82 bits per heavy atom. The number of halogens is 1. The number of hydrogen-bond acceptors (Lipinski definition) is 2. The van der Waals surface area contributed by atoms with E-state index in [1.165, 1.54) is 0 Å². The van der Waals surface area contributed by atoms with E-state index < -0.39 is 24.5 Å². The Hall–Kier alpha value is -0.150. The number of alkyl halides is 1. The van der Waals surface area contributed by atoms with Crippen molar-refractivity contribution < 1.29 is 12.2 Å². The zero-order valence-electron chi connectivity index (χ0n) is 8.33. The molecule has 0 aromatic carbocycles. The zero-order valence-corrected chi connectivity index (χ0v) is 6.33. The molecule has 0 amide bonds. The molecule has 2 rings (SSSR count). The van der Waals surface area contributed by atoms with E-state index in [1.54, 1.807) is 4.90 Å². The van der Waals surface area contributed by atoms with Crippen LogP contribution in [0.1, 0.15) is 22.0 Å². The van der Waals surface area contributed by atoms with Crippen LogP contribution in [0.25, 0.3) is 0 Å². The first-order valence-corrected chi connectivity index (χ1v) is 3.94. The van der Waals surface area contributed by atoms with Crippen molar-refractivity contribution in [2.45, 2.75) is 30.9 Å². The summed E-state index contributed by atoms with van der Waals surface area (Å²) >= 11 is 0. The summed E-state index contributed by atoms with van der Waals surface area (Å²) < 4.78 is 28.4. The maximum atomic E-state index is 13.1. The summed E-state index contributed by atoms with van der Waals surface area (Å²) in [7, 11) is 0. The van der Waals surface area contributed by atoms with E-state index in [0.717, 1.165) is 0 Å². The van der Waals surface area contributed by atoms with Crippen LogP contribution in [0.3, 0.4) is 0 Å². The molecule has 0 aliphatic carbocycles. The maximum absolute atomic E-state index is 13.1. The first-order chi connectivity index (χ1) is 6.10. The van der Waals surface area contributed by atoms with Crippen LogP contribution in [0, 0.1) is 0 Å². The highest BCUT2D eigenvalue weighted by Crippen LogP contribution is 2.39. The van der Waals surface area contributed by atoms with Crippen molar-refractivity contribution in [1.29, 1.82) is 0 Å². The molecule has 11 heavy (non-hydrogen) atoms. The van der Waals surface area contributed by atoms with Crippen LogP contribution in [0.4, 0.5) is 4.39 Å². The first-order valence-electron chi connectivity index (χ1n) is 5.10. The highest BCUT2D eigenvalue weighted by atomic mass is 19.1. The minimum atomic E-state index is -0.938. The second kappa shape index (κ2) is 2.42. The highest BCUT2D eigenvalue weighted by molar-refractivity contribution is 5.03. The molecule has 2 aliphatic rings. The predicted molar refractivity (Wildman–Crippen MR) is 40.1 cm³/mol. The molecule has 0 aromatic heterocycles. The van der Waals surface area contributed by atoms with Gasteiger partial charge in [0.1, 0.15) is 6.17 Å². The molecular weight excluding hydrogens is 145 g/mol. The van der Waals surface area contributed by atoms with Crippen LogP contribution in [0.5, 0.6) is 0 Å². The number of nitrogens with zero attached hydrogens (tertiary/aromatic N) is 1. The summed E-state index contributed by atoms with van der Waals surface area (Å²) in [6, 6.07) is 0. The average Bonchev–Trinajstić information content (AvgIpc) is 2.50. The molecular formula is C8H14FNO. The minimum Gasteiger partial charge on any atom is -0.394 e. The molecule has 0 spiro atoms. The van der Waals surface area contributed by atoms with Gasteiger partial charge in [0.05, 0.1) is 6.61 Å². The lowest BCUT2D eigenvalue weighted by Crippen LogP contribution is -2.41. The molecule has 0 bridgehead atoms. The Morgan fingerprint density at radius 2 is 2.64 bits per heavy atom. The standard InChI is InChI=1S/C8H14FNO/c9-7-4-8(6-11)2-1-3-10(8)5-7/h7,11H,1-6H2/t7-,8+/m1/s1/i1D,2D/t1-,2-,7+,8-/m0. The molecule has 1 N–H and O–H groups in total. The lowest BCUT2D eigenvalue weighted by molar-refractivity contribution is 0.0996. The fourth-order valence-corrected chi connectivity index (χ4v) is 2.04. The Bertz CT molecular complexity index is 218. The summed E-state index contributed by atoms with van der Waals surface area (Å²) in [4.78, 5) is 1.77. The summed E-state index contributed by atoms with van der Waals surface area (Å²) in [5.41, 5.74) is -0.758. The predicted octanol–water partition coefficient (Wildman–Crippen LogP) is 0.555. The van der Waals surface area contributed by atoms with Crippen LogP contribution >= 0.6 is 0 Å². The number of hydrogen-bond donors (Lipinski definition) is 1. The van der Waals surface area contributed by atoms with E-state index in [0.29, 0.717) is 6.54 Å². The van der Waals surface area contributed by atoms with Crippen molar-refractivity contribution in [3.8, 4) is 0 Å². The van der Waals surface area contributed by atoms with Gasteiger partial charge in [-0.25, -0.2) is 4.39 Å². The van der Waals surface area contributed by atoms with Crippen molar-refractivity contribution >= 4 is 0 Å². The second-order valence-electron chi connectivity index (χ2n) is 3.37. The van der Waals surface area contributed by atoms with Crippen LogP contribution < -0.4 is 0 Å². The third-order valence-corrected chi connectivity index (χ3v) is 2.65. The monoisotopic (exact) mass is 161 g/mol. The van der Waals surface area contributed by atoms with Gasteiger partial charge in [0.15, 0.2) is 0 Å². The molecule has 64 valence electrons. The van der Waals surface area contributed by atoms with Gasteiger partial charge in [-0.3, -0.25) is 4.90 Å². The normalized spacial score (nSPS) is 60.7. The molecule has 2 heterocycles. The first kappa shape index (κ1) is 5.49. The number of fused-ring (bicyclic) bond motifs is 1. The molecule has 2 fully saturated rings. The Labute approximate surface area is 68.8 Å². The summed E-state index contributed by atoms with van der Waals surface area (Å²) in [5.74, 6) is 0. The van der Waals surface area contributed by atoms with Crippen LogP contribution in [0.15, 0.2) is 0 Å². The van der Waals surface area contributed by atoms with Gasteiger partial charge in [0.2, 0.25) is 0 Å². The second-order valence-corrected chi connectivity index (χ2v) is 3.37. The summed E-state index contributed by atoms with van der Waals surface area (Å²) in [5, 5.41) is 9.22. The molecule has 2 aliphatic heterocycles. The van der Waals surface area contributed by atoms with Crippen molar-refractivity contribution in [2.75, 3.05) is 19.7 Å². The fraction of sp³-hybridized carbons (Fsp3) is 1.00. The number of aliphatic hydroxyl groups excluding tert-OH is 1. The quantitative estimate of drug-likeness (QED) is 0.607. The lowest BCUT2D eigenvalue weighted by Gasteiger charge is -2.28. The zero-order chi connectivity index (χ0) is 9.64. The van der Waals surface area contributed by atoms with Gasteiger partial charge in [0.25, 0.3) is 0 Å². The summed E-state index contributed by atoms with van der Waals surface area (Å²) in [6.45, 7) is 0.511. The van der Waals surface area contributed by atoms with Gasteiger partial charge in [-0.05, 0) is 19.3 Å². The van der Waals surface area contributed by atoms with Crippen LogP contribution in [-0.2, 0) is 0 Å². The van der Waals surface area contributed by atoms with Crippen molar-refractivity contribution in [1.82, 2.24) is 4.90 Å². The summed E-state index contributed by atoms with van der Waals surface area (Å²) in [6.07, 6.45) is -1.89. The van der Waals surface area contributed by atoms with E-state index in [-0.39, 0.29) is 19.6 Å². The Morgan fingerprint density at radius 3 is 3.27 bits per heavy atom. The van der Waals surface area contributed by atoms with E-state index in [9.17, 15) is 9.50 Å². The third kappa shape index (κ3) is 0.983. The fourth-order valence-electron chi connectivity index (χ4n) is 2.04. The van der Waals surface area contributed by atoms with Gasteiger partial charge < -0.3 is 5.11 Å². The molecule has 2 nitrogen and oxygen atoms in total. The number of aliphatic hydroxyl groups is 1. The van der Waals surface area contributed by atoms with Gasteiger partial charge in [0, 0.05) is 21.2 Å². The molecule has 0 saturated carbocycles. The van der Waals surface area contributed by atoms with Gasteiger partial charge in [-0.1, -0.05) is 0 Å². The molecule has 3 heteroatoms. The van der Waals surface area contributed by atoms with Crippen LogP contribution in [-0.4, -0.2) is 41.4 Å². The topological polar surface area (TPSA) is 23.5 Å². The molecule has 4 atom stereocenters. The van der Waals surface area contributed by atoms with Crippen LogP contribution in [0.2, 0.25) is 0 Å². The van der Waals surface area contributed by atoms with E-state index >= 15 is 0 Å². The largest absolute Gasteiger partial charge is 0.394 e. The molecule has 0 radical (unpaired) electrons. The van der Waals surface area contributed by atoms with Crippen molar-refractivity contribution in [3.05, 3.63) is 0 Å². The highest BCUT2D eigenvalue weighted by Gasteiger charge is 2.47. The number of rotatable bonds is 1. The average molecular weight is 161 g/mol.